The van der Waals surface area contributed by atoms with Gasteiger partial charge in [-0.1, -0.05) is 19.6 Å². The molecule has 1 aromatic carbocycles. The topological polar surface area (TPSA) is 9.23 Å². The summed E-state index contributed by atoms with van der Waals surface area (Å²) in [5, 5.41) is 0. The summed E-state index contributed by atoms with van der Waals surface area (Å²) < 4.78 is 5.54. The Kier molecular flexibility index (Phi) is 3.56. The fourth-order valence-corrected chi connectivity index (χ4v) is 1.13. The number of aryl methyl sites for hydroxylation is 1. The maximum Gasteiger partial charge on any atom is 0.122 e. The predicted octanol–water partition coefficient (Wildman–Crippen LogP) is 3.12. The van der Waals surface area contributed by atoms with E-state index in [0.717, 1.165) is 29.9 Å². The largest absolute Gasteiger partial charge is 0.493 e. The van der Waals surface area contributed by atoms with E-state index in [1.165, 1.54) is 0 Å². The van der Waals surface area contributed by atoms with Gasteiger partial charge in [0, 0.05) is 0 Å². The van der Waals surface area contributed by atoms with Crippen molar-refractivity contribution in [1.29, 1.82) is 0 Å². The molecule has 1 rings (SSSR count). The van der Waals surface area contributed by atoms with E-state index < -0.39 is 0 Å². The van der Waals surface area contributed by atoms with Crippen molar-refractivity contribution in [2.45, 2.75) is 20.3 Å². The lowest BCUT2D eigenvalue weighted by Gasteiger charge is -2.07. The minimum Gasteiger partial charge on any atom is -0.493 e. The number of ether oxygens (including phenoxy) is 1. The summed E-state index contributed by atoms with van der Waals surface area (Å²) in [6, 6.07) is 5.96. The Morgan fingerprint density at radius 1 is 1.46 bits per heavy atom. The monoisotopic (exact) mass is 175 g/mol. The second kappa shape index (κ2) is 4.70. The van der Waals surface area contributed by atoms with Gasteiger partial charge in [-0.05, 0) is 42.7 Å². The highest BCUT2D eigenvalue weighted by Crippen LogP contribution is 2.19. The smallest absolute Gasteiger partial charge is 0.122 e. The van der Waals surface area contributed by atoms with Crippen molar-refractivity contribution in [2.24, 2.45) is 0 Å². The Balaban J connectivity index is 2.79. The first-order valence-corrected chi connectivity index (χ1v) is 4.54. The summed E-state index contributed by atoms with van der Waals surface area (Å²) in [5.41, 5.74) is 2.16. The normalized spacial score (nSPS) is 9.69. The van der Waals surface area contributed by atoms with Crippen molar-refractivity contribution in [3.63, 3.8) is 0 Å². The third-order valence-electron chi connectivity index (χ3n) is 1.84. The van der Waals surface area contributed by atoms with Crippen LogP contribution in [0.1, 0.15) is 24.5 Å². The zero-order chi connectivity index (χ0) is 9.68. The first kappa shape index (κ1) is 9.85. The molecule has 13 heavy (non-hydrogen) atoms. The Labute approximate surface area is 80.0 Å². The molecule has 1 aromatic rings. The summed E-state index contributed by atoms with van der Waals surface area (Å²) in [7, 11) is 0. The Morgan fingerprint density at radius 2 is 2.23 bits per heavy atom. The molecule has 1 heteroatoms. The molecule has 1 nitrogen and oxygen atoms in total. The van der Waals surface area contributed by atoms with Crippen LogP contribution in [0.2, 0.25) is 0 Å². The molecule has 0 spiro atoms. The maximum atomic E-state index is 5.54. The van der Waals surface area contributed by atoms with Crippen molar-refractivity contribution in [2.75, 3.05) is 6.61 Å². The van der Waals surface area contributed by atoms with Gasteiger partial charge in [0.1, 0.15) is 5.75 Å². The van der Waals surface area contributed by atoms with Gasteiger partial charge in [0.25, 0.3) is 0 Å². The maximum absolute atomic E-state index is 5.54. The van der Waals surface area contributed by atoms with Crippen LogP contribution in [0.3, 0.4) is 0 Å². The average molecular weight is 175 g/mol. The van der Waals surface area contributed by atoms with Gasteiger partial charge in [-0.15, -0.1) is 0 Å². The second-order valence-electron chi connectivity index (χ2n) is 3.01. The van der Waals surface area contributed by atoms with Gasteiger partial charge in [0.15, 0.2) is 0 Å². The molecule has 0 saturated heterocycles. The van der Waals surface area contributed by atoms with Crippen LogP contribution < -0.4 is 4.74 Å². The van der Waals surface area contributed by atoms with E-state index in [1.54, 1.807) is 0 Å². The average Bonchev–Trinajstić information content (AvgIpc) is 2.16. The van der Waals surface area contributed by atoms with Crippen LogP contribution in [-0.2, 0) is 0 Å². The Hall–Kier alpha value is -1.24. The zero-order valence-electron chi connectivity index (χ0n) is 8.26. The number of hydrogen-bond acceptors (Lipinski definition) is 1. The minimum atomic E-state index is 0.776. The molecule has 0 aliphatic rings. The van der Waals surface area contributed by atoms with E-state index >= 15 is 0 Å². The quantitative estimate of drug-likeness (QED) is 0.683. The second-order valence-corrected chi connectivity index (χ2v) is 3.01. The van der Waals surface area contributed by atoms with Crippen molar-refractivity contribution < 1.29 is 4.74 Å². The fourth-order valence-electron chi connectivity index (χ4n) is 1.13. The van der Waals surface area contributed by atoms with E-state index in [0.29, 0.717) is 0 Å². The summed E-state index contributed by atoms with van der Waals surface area (Å²) in [5.74, 6) is 0.959. The Bertz CT molecular complexity index is 289. The molecule has 0 saturated carbocycles. The molecule has 0 heterocycles. The molecule has 1 radical (unpaired) electrons. The molecule has 0 unspecified atom stereocenters. The van der Waals surface area contributed by atoms with E-state index in [4.69, 9.17) is 4.74 Å². The third-order valence-corrected chi connectivity index (χ3v) is 1.84. The molecule has 0 aliphatic heterocycles. The lowest BCUT2D eigenvalue weighted by molar-refractivity contribution is 0.315. The molecular weight excluding hydrogens is 160 g/mol. The standard InChI is InChI=1S/C12H15O/c1-4-8-13-12-7-6-11(5-2)9-10(12)3/h6-7,9H,2,4,8H2,1,3H3. The summed E-state index contributed by atoms with van der Waals surface area (Å²) in [4.78, 5) is 0. The molecule has 0 N–H and O–H groups in total. The van der Waals surface area contributed by atoms with Gasteiger partial charge in [-0.2, -0.15) is 0 Å². The van der Waals surface area contributed by atoms with Crippen molar-refractivity contribution in [3.05, 3.63) is 42.0 Å². The first-order chi connectivity index (χ1) is 6.27. The van der Waals surface area contributed by atoms with Gasteiger partial charge in [0.05, 0.1) is 6.61 Å². The fraction of sp³-hybridized carbons (Fsp3) is 0.333. The molecule has 0 amide bonds. The van der Waals surface area contributed by atoms with Gasteiger partial charge >= 0.3 is 0 Å². The van der Waals surface area contributed by atoms with Crippen molar-refractivity contribution in [3.8, 4) is 5.75 Å². The minimum absolute atomic E-state index is 0.776. The summed E-state index contributed by atoms with van der Waals surface area (Å²) in [6.45, 7) is 8.51. The molecule has 0 fully saturated rings. The highest BCUT2D eigenvalue weighted by Gasteiger charge is 1.98. The molecular formula is C12H15O. The lowest BCUT2D eigenvalue weighted by Crippen LogP contribution is -1.96. The third kappa shape index (κ3) is 2.62. The molecule has 0 bridgehead atoms. The van der Waals surface area contributed by atoms with Crippen LogP contribution >= 0.6 is 0 Å². The first-order valence-electron chi connectivity index (χ1n) is 4.54. The summed E-state index contributed by atoms with van der Waals surface area (Å²) >= 11 is 0. The lowest BCUT2D eigenvalue weighted by atomic mass is 10.1. The van der Waals surface area contributed by atoms with E-state index in [9.17, 15) is 0 Å². The zero-order valence-corrected chi connectivity index (χ0v) is 8.26. The van der Waals surface area contributed by atoms with Crippen LogP contribution in [0, 0.1) is 13.0 Å². The van der Waals surface area contributed by atoms with Crippen LogP contribution in [0.15, 0.2) is 24.8 Å². The highest BCUT2D eigenvalue weighted by molar-refractivity contribution is 5.38. The number of hydrogen-bond donors (Lipinski definition) is 0. The van der Waals surface area contributed by atoms with Gasteiger partial charge < -0.3 is 4.74 Å². The van der Waals surface area contributed by atoms with Crippen LogP contribution in [-0.4, -0.2) is 6.61 Å². The van der Waals surface area contributed by atoms with E-state index in [-0.39, 0.29) is 0 Å². The highest BCUT2D eigenvalue weighted by atomic mass is 16.5. The van der Waals surface area contributed by atoms with Crippen LogP contribution in [0.5, 0.6) is 5.75 Å². The van der Waals surface area contributed by atoms with Gasteiger partial charge in [-0.25, -0.2) is 0 Å². The van der Waals surface area contributed by atoms with Crippen molar-refractivity contribution >= 4 is 0 Å². The molecule has 69 valence electrons. The van der Waals surface area contributed by atoms with E-state index in [1.807, 2.05) is 25.1 Å². The molecule has 0 atom stereocenters. The van der Waals surface area contributed by atoms with E-state index in [2.05, 4.69) is 19.6 Å². The summed E-state index contributed by atoms with van der Waals surface area (Å²) in [6.07, 6.45) is 3.88. The van der Waals surface area contributed by atoms with Crippen LogP contribution in [0.4, 0.5) is 0 Å². The molecule has 0 aromatic heterocycles. The van der Waals surface area contributed by atoms with Gasteiger partial charge in [0.2, 0.25) is 0 Å². The van der Waals surface area contributed by atoms with Crippen LogP contribution in [0.25, 0.3) is 0 Å². The van der Waals surface area contributed by atoms with Gasteiger partial charge in [-0.3, -0.25) is 0 Å². The Morgan fingerprint density at radius 3 is 2.77 bits per heavy atom. The SMILES string of the molecule is C=[C]c1ccc(OCCC)c(C)c1. The predicted molar refractivity (Wildman–Crippen MR) is 54.9 cm³/mol. The number of rotatable bonds is 4. The number of benzene rings is 1. The molecule has 0 aliphatic carbocycles. The van der Waals surface area contributed by atoms with Crippen molar-refractivity contribution in [1.82, 2.24) is 0 Å².